The van der Waals surface area contributed by atoms with Crippen molar-refractivity contribution >= 4 is 76.7 Å². The van der Waals surface area contributed by atoms with Gasteiger partial charge in [-0.3, -0.25) is 62.5 Å². The van der Waals surface area contributed by atoms with E-state index in [-0.39, 0.29) is 73.1 Å². The molecule has 1 saturated heterocycles. The highest BCUT2D eigenvalue weighted by Gasteiger charge is 2.44. The maximum absolute atomic E-state index is 14.8. The van der Waals surface area contributed by atoms with Crippen LogP contribution in [0.5, 0.6) is 0 Å². The van der Waals surface area contributed by atoms with Crippen LogP contribution in [0.15, 0.2) is 42.5 Å². The monoisotopic (exact) mass is 1460 g/mol. The largest absolute Gasteiger partial charge is 0.394 e. The van der Waals surface area contributed by atoms with Crippen LogP contribution in [-0.2, 0) is 62.2 Å². The van der Waals surface area contributed by atoms with E-state index in [1.54, 1.807) is 63.7 Å². The van der Waals surface area contributed by atoms with E-state index in [1.165, 1.54) is 45.1 Å². The number of nitrogens with zero attached hydrogens (tertiary/aromatic N) is 4. The van der Waals surface area contributed by atoms with Crippen LogP contribution in [0.25, 0.3) is 0 Å². The zero-order chi connectivity index (χ0) is 76.8. The van der Waals surface area contributed by atoms with Crippen LogP contribution in [0.3, 0.4) is 0 Å². The molecule has 102 heavy (non-hydrogen) atoms. The van der Waals surface area contributed by atoms with Crippen molar-refractivity contribution in [2.75, 3.05) is 72.7 Å². The van der Waals surface area contributed by atoms with E-state index in [9.17, 15) is 78.3 Å². The van der Waals surface area contributed by atoms with Gasteiger partial charge in [0.1, 0.15) is 42.5 Å². The third-order valence-electron chi connectivity index (χ3n) is 19.1. The Hall–Kier alpha value is -6.68. The van der Waals surface area contributed by atoms with Gasteiger partial charge in [0.15, 0.2) is 0 Å². The van der Waals surface area contributed by atoms with Crippen LogP contribution in [0.2, 0.25) is 0 Å². The quantitative estimate of drug-likeness (QED) is 0.0232. The van der Waals surface area contributed by atoms with Crippen LogP contribution >= 0.6 is 11.8 Å². The molecule has 0 bridgehead atoms. The molecule has 1 unspecified atom stereocenters. The standard InChI is InChI=1S/C71H119N11O19S/c1-16-43(8)61(52(100-14)36-57(90)81-33-23-26-49(81)65(101-15)44(9)66(94)74-45(10)62(91)47-24-19-17-20-25-47)80(13)71(99)59(41(4)5)78-70(98)60(42(6)7)79(12)34-35-102-39-73-67(95)46(11)75-69(97)58(40(2)3)77-68(96)48(28-29-53(86)72-37-50(84)63(92)64(93)51(85)38-83)76-54(87)27-21-18-22-32-82-55(88)30-31-56(82)89/h17,19-20,24-25,30-31,40-46,48-52,58-65,83-85,91-93H,16,18,21-23,26-29,32-39H2,1-15H3,(H,72,86)(H,73,95)(H,74,94)(H,75,97)(H,76,87)(H,77,96)(H,78,98)/t43-,44+,45+,46-,48?,49-,50-,51+,52+,58-,59-,60-,61-,62+,63+,64+,65+/m0/s1. The lowest BCUT2D eigenvalue weighted by atomic mass is 9.89. The predicted molar refractivity (Wildman–Crippen MR) is 383 cm³/mol. The lowest BCUT2D eigenvalue weighted by Gasteiger charge is -2.41. The number of aliphatic hydroxyl groups excluding tert-OH is 6. The summed E-state index contributed by atoms with van der Waals surface area (Å²) in [6.45, 7) is 19.1. The molecule has 0 spiro atoms. The summed E-state index contributed by atoms with van der Waals surface area (Å²) in [6.07, 6.45) is -5.32. The lowest BCUT2D eigenvalue weighted by molar-refractivity contribution is -0.148. The normalized spacial score (nSPS) is 18.7. The molecule has 1 aromatic carbocycles. The minimum absolute atomic E-state index is 0.0733. The second-order valence-electron chi connectivity index (χ2n) is 27.9. The van der Waals surface area contributed by atoms with Crippen molar-refractivity contribution in [2.24, 2.45) is 29.6 Å². The molecule has 11 amide bonds. The smallest absolute Gasteiger partial charge is 0.253 e. The highest BCUT2D eigenvalue weighted by atomic mass is 32.2. The number of rotatable bonds is 47. The van der Waals surface area contributed by atoms with Crippen molar-refractivity contribution in [1.82, 2.24) is 56.8 Å². The molecule has 3 rings (SSSR count). The van der Waals surface area contributed by atoms with Crippen molar-refractivity contribution in [3.8, 4) is 0 Å². The number of nitrogens with one attached hydrogen (secondary N) is 7. The first-order valence-corrected chi connectivity index (χ1v) is 36.8. The van der Waals surface area contributed by atoms with Gasteiger partial charge in [0, 0.05) is 78.2 Å². The topological polar surface area (TPSA) is 425 Å². The van der Waals surface area contributed by atoms with E-state index in [4.69, 9.17) is 14.6 Å². The number of thioether (sulfide) groups is 1. The van der Waals surface area contributed by atoms with Gasteiger partial charge in [-0.2, -0.15) is 0 Å². The van der Waals surface area contributed by atoms with Crippen LogP contribution in [0.1, 0.15) is 152 Å². The minimum Gasteiger partial charge on any atom is -0.394 e. The third kappa shape index (κ3) is 27.4. The molecule has 2 heterocycles. The average Bonchev–Trinajstić information content (AvgIpc) is 1.59. The summed E-state index contributed by atoms with van der Waals surface area (Å²) in [5.74, 6) is -7.01. The Morgan fingerprint density at radius 3 is 1.87 bits per heavy atom. The number of hydrogen-bond acceptors (Lipinski definition) is 21. The zero-order valence-electron chi connectivity index (χ0n) is 62.3. The molecule has 1 aromatic rings. The molecule has 0 aromatic heterocycles. The number of benzene rings is 1. The Bertz CT molecular complexity index is 2880. The van der Waals surface area contributed by atoms with Gasteiger partial charge in [-0.05, 0) is 82.2 Å². The van der Waals surface area contributed by atoms with Gasteiger partial charge >= 0.3 is 0 Å². The van der Waals surface area contributed by atoms with Gasteiger partial charge in [0.05, 0.1) is 73.4 Å². The van der Waals surface area contributed by atoms with E-state index in [0.717, 1.165) is 4.90 Å². The first-order chi connectivity index (χ1) is 48.1. The predicted octanol–water partition coefficient (Wildman–Crippen LogP) is -0.00290. The van der Waals surface area contributed by atoms with E-state index >= 15 is 0 Å². The fourth-order valence-corrected chi connectivity index (χ4v) is 13.5. The molecule has 0 radical (unpaired) electrons. The molecule has 30 nitrogen and oxygen atoms in total. The first-order valence-electron chi connectivity index (χ1n) is 35.6. The molecule has 31 heteroatoms. The second kappa shape index (κ2) is 44.9. The van der Waals surface area contributed by atoms with Crippen LogP contribution in [-0.4, -0.2) is 273 Å². The molecular weight excluding hydrogens is 1340 g/mol. The maximum atomic E-state index is 14.8. The lowest BCUT2D eigenvalue weighted by Crippen LogP contribution is -2.60. The van der Waals surface area contributed by atoms with Crippen LogP contribution in [0, 0.1) is 29.6 Å². The summed E-state index contributed by atoms with van der Waals surface area (Å²) in [4.78, 5) is 155. The van der Waals surface area contributed by atoms with Gasteiger partial charge in [0.2, 0.25) is 53.2 Å². The van der Waals surface area contributed by atoms with Crippen LogP contribution in [0.4, 0.5) is 0 Å². The fraction of sp³-hybridized carbons (Fsp3) is 0.732. The SMILES string of the molecule is CC[C@H](C)[C@@H]([C@@H](CC(=O)N1CCC[C@H]1[C@H](OC)[C@@H](C)C(=O)N[C@H](C)[C@@H](O)c1ccccc1)OC)N(C)C(=O)[C@@H](NC(=O)[C@H](C(C)C)N(C)CCSCNC(=O)[C@H](C)NC(=O)[C@@H](NC(=O)C(CCC(=O)NC[C@H](O)[C@@H](O)[C@H](O)[C@H](O)CO)NC(=O)CCCCCN1C(=O)C=CC1=O)C(C)C)C(C)C. The van der Waals surface area contributed by atoms with Crippen LogP contribution < -0.4 is 37.2 Å². The molecular formula is C71H119N11O19S. The van der Waals surface area contributed by atoms with Gasteiger partial charge in [-0.25, -0.2) is 0 Å². The maximum Gasteiger partial charge on any atom is 0.253 e. The van der Waals surface area contributed by atoms with Crippen molar-refractivity contribution in [3.05, 3.63) is 48.0 Å². The number of methoxy groups -OCH3 is 2. The number of ether oxygens (including phenoxy) is 2. The number of likely N-dealkylation sites (tertiary alicyclic amines) is 1. The number of likely N-dealkylation sites (N-methyl/N-ethyl adjacent to an activating group) is 2. The number of carbonyl (C=O) groups is 11. The highest BCUT2D eigenvalue weighted by Crippen LogP contribution is 2.31. The van der Waals surface area contributed by atoms with Gasteiger partial charge in [-0.15, -0.1) is 11.8 Å². The molecule has 13 N–H and O–H groups in total. The fourth-order valence-electron chi connectivity index (χ4n) is 12.7. The molecule has 2 aliphatic rings. The van der Waals surface area contributed by atoms with E-state index < -0.39 is 164 Å². The summed E-state index contributed by atoms with van der Waals surface area (Å²) in [5.41, 5.74) is 0.666. The van der Waals surface area contributed by atoms with E-state index in [2.05, 4.69) is 37.2 Å². The van der Waals surface area contributed by atoms with Gasteiger partial charge in [-0.1, -0.05) is 105 Å². The average molecular weight is 1460 g/mol. The summed E-state index contributed by atoms with van der Waals surface area (Å²) >= 11 is 1.35. The molecule has 1 fully saturated rings. The van der Waals surface area contributed by atoms with Crippen molar-refractivity contribution in [1.29, 1.82) is 0 Å². The third-order valence-corrected chi connectivity index (χ3v) is 19.9. The number of carbonyl (C=O) groups excluding carboxylic acids is 11. The number of imide groups is 1. The van der Waals surface area contributed by atoms with E-state index in [1.807, 2.05) is 64.6 Å². The van der Waals surface area contributed by atoms with Crippen molar-refractivity contribution < 1.29 is 92.9 Å². The molecule has 2 aliphatic heterocycles. The van der Waals surface area contributed by atoms with Crippen molar-refractivity contribution in [2.45, 2.75) is 231 Å². The molecule has 578 valence electrons. The first kappa shape index (κ1) is 89.5. The summed E-state index contributed by atoms with van der Waals surface area (Å²) in [7, 11) is 6.49. The molecule has 17 atom stereocenters. The number of hydrogen-bond donors (Lipinski definition) is 13. The van der Waals surface area contributed by atoms with Crippen molar-refractivity contribution in [3.63, 3.8) is 0 Å². The molecule has 0 aliphatic carbocycles. The highest BCUT2D eigenvalue weighted by molar-refractivity contribution is 7.99. The number of aliphatic hydroxyl groups is 6. The summed E-state index contributed by atoms with van der Waals surface area (Å²) < 4.78 is 12.1. The number of amides is 11. The Morgan fingerprint density at radius 1 is 0.676 bits per heavy atom. The van der Waals surface area contributed by atoms with Gasteiger partial charge in [0.25, 0.3) is 11.8 Å². The zero-order valence-corrected chi connectivity index (χ0v) is 63.1. The molecule has 0 saturated carbocycles. The number of unbranched alkanes of at least 4 members (excludes halogenated alkanes) is 2. The Morgan fingerprint density at radius 2 is 1.29 bits per heavy atom. The Balaban J connectivity index is 1.62. The Labute approximate surface area is 605 Å². The summed E-state index contributed by atoms with van der Waals surface area (Å²) in [6, 6.07) is 2.04. The Kier molecular flexibility index (Phi) is 39.4. The van der Waals surface area contributed by atoms with E-state index in [0.29, 0.717) is 62.9 Å². The second-order valence-corrected chi connectivity index (χ2v) is 29.0. The minimum atomic E-state index is -1.96. The van der Waals surface area contributed by atoms with Gasteiger partial charge < -0.3 is 87.1 Å². The summed E-state index contributed by atoms with van der Waals surface area (Å²) in [5, 5.41) is 79.1.